The van der Waals surface area contributed by atoms with Gasteiger partial charge >= 0.3 is 0 Å². The summed E-state index contributed by atoms with van der Waals surface area (Å²) in [4.78, 5) is 15.7. The summed E-state index contributed by atoms with van der Waals surface area (Å²) < 4.78 is 2.22. The zero-order chi connectivity index (χ0) is 18.6. The third-order valence-corrected chi connectivity index (χ3v) is 5.51. The molecule has 2 aromatic heterocycles. The van der Waals surface area contributed by atoms with Crippen LogP contribution in [0.4, 0.5) is 0 Å². The van der Waals surface area contributed by atoms with Crippen LogP contribution in [0.3, 0.4) is 0 Å². The molecule has 1 aromatic carbocycles. The van der Waals surface area contributed by atoms with Gasteiger partial charge in [0.15, 0.2) is 5.96 Å². The second kappa shape index (κ2) is 9.36. The highest BCUT2D eigenvalue weighted by atomic mass is 127. The summed E-state index contributed by atoms with van der Waals surface area (Å²) in [6.45, 7) is 4.92. The van der Waals surface area contributed by atoms with Gasteiger partial charge < -0.3 is 14.8 Å². The molecule has 1 aliphatic rings. The average molecular weight is 490 g/mol. The maximum atomic E-state index is 4.58. The number of nitrogens with zero attached hydrogens (tertiary/aromatic N) is 5. The molecule has 1 aliphatic heterocycles. The van der Waals surface area contributed by atoms with Crippen LogP contribution >= 0.6 is 24.0 Å². The first-order valence-corrected chi connectivity index (χ1v) is 9.52. The van der Waals surface area contributed by atoms with Crippen LogP contribution in [0, 0.1) is 5.92 Å². The van der Waals surface area contributed by atoms with E-state index in [9.17, 15) is 0 Å². The molecule has 0 spiro atoms. The maximum absolute atomic E-state index is 4.58. The predicted octanol–water partition coefficient (Wildman–Crippen LogP) is 3.71. The van der Waals surface area contributed by atoms with Crippen LogP contribution < -0.4 is 5.32 Å². The van der Waals surface area contributed by atoms with Crippen molar-refractivity contribution in [1.82, 2.24) is 24.8 Å². The van der Waals surface area contributed by atoms with Crippen LogP contribution in [0.15, 0.2) is 60.2 Å². The molecular formula is C21H27IN6. The van der Waals surface area contributed by atoms with E-state index in [2.05, 4.69) is 73.2 Å². The molecule has 2 unspecified atom stereocenters. The zero-order valence-electron chi connectivity index (χ0n) is 16.3. The van der Waals surface area contributed by atoms with Crippen molar-refractivity contribution in [3.8, 4) is 0 Å². The summed E-state index contributed by atoms with van der Waals surface area (Å²) in [5.41, 5.74) is 1.05. The number of benzene rings is 1. The fourth-order valence-electron chi connectivity index (χ4n) is 3.91. The van der Waals surface area contributed by atoms with Crippen LogP contribution in [-0.2, 0) is 6.54 Å². The maximum Gasteiger partial charge on any atom is 0.194 e. The van der Waals surface area contributed by atoms with Crippen molar-refractivity contribution in [2.24, 2.45) is 10.9 Å². The van der Waals surface area contributed by atoms with Gasteiger partial charge in [-0.1, -0.05) is 31.2 Å². The van der Waals surface area contributed by atoms with E-state index in [1.54, 1.807) is 0 Å². The molecule has 0 bridgehead atoms. The normalized spacial score (nSPS) is 20.1. The fraction of sp³-hybridized carbons (Fsp3) is 0.381. The number of likely N-dealkylation sites (tertiary alicyclic amines) is 1. The van der Waals surface area contributed by atoms with E-state index >= 15 is 0 Å². The van der Waals surface area contributed by atoms with Crippen molar-refractivity contribution in [1.29, 1.82) is 0 Å². The molecule has 148 valence electrons. The second-order valence-electron chi connectivity index (χ2n) is 7.17. The highest BCUT2D eigenvalue weighted by Gasteiger charge is 2.28. The average Bonchev–Trinajstić information content (AvgIpc) is 3.24. The van der Waals surface area contributed by atoms with Crippen LogP contribution in [0.5, 0.6) is 0 Å². The molecule has 1 fully saturated rings. The lowest BCUT2D eigenvalue weighted by molar-refractivity contribution is 0.189. The van der Waals surface area contributed by atoms with Crippen molar-refractivity contribution >= 4 is 40.7 Å². The van der Waals surface area contributed by atoms with Crippen molar-refractivity contribution in [2.75, 3.05) is 20.1 Å². The van der Waals surface area contributed by atoms with Gasteiger partial charge in [0.25, 0.3) is 0 Å². The Hall–Kier alpha value is -2.16. The molecule has 0 radical (unpaired) electrons. The fourth-order valence-corrected chi connectivity index (χ4v) is 3.91. The Morgan fingerprint density at radius 2 is 2.11 bits per heavy atom. The second-order valence-corrected chi connectivity index (χ2v) is 7.17. The van der Waals surface area contributed by atoms with Crippen molar-refractivity contribution in [2.45, 2.75) is 25.9 Å². The van der Waals surface area contributed by atoms with Gasteiger partial charge in [0.1, 0.15) is 0 Å². The number of nitrogens with one attached hydrogen (secondary N) is 1. The summed E-state index contributed by atoms with van der Waals surface area (Å²) in [6.07, 6.45) is 8.84. The van der Waals surface area contributed by atoms with Crippen molar-refractivity contribution < 1.29 is 0 Å². The molecule has 3 heterocycles. The minimum absolute atomic E-state index is 0. The van der Waals surface area contributed by atoms with Crippen molar-refractivity contribution in [3.05, 3.63) is 60.9 Å². The molecule has 0 saturated carbocycles. The lowest BCUT2D eigenvalue weighted by Crippen LogP contribution is -2.48. The van der Waals surface area contributed by atoms with Gasteiger partial charge in [-0.3, -0.25) is 9.98 Å². The number of halogens is 1. The Bertz CT molecular complexity index is 918. The zero-order valence-corrected chi connectivity index (χ0v) is 18.7. The van der Waals surface area contributed by atoms with Crippen LogP contribution in [0.25, 0.3) is 10.8 Å². The number of aromatic nitrogens is 3. The molecule has 7 heteroatoms. The summed E-state index contributed by atoms with van der Waals surface area (Å²) in [5, 5.41) is 5.92. The first-order chi connectivity index (χ1) is 13.3. The molecule has 3 aromatic rings. The molecule has 6 nitrogen and oxygen atoms in total. The molecule has 1 saturated heterocycles. The monoisotopic (exact) mass is 490 g/mol. The largest absolute Gasteiger partial charge is 0.351 e. The molecule has 2 atom stereocenters. The Kier molecular flexibility index (Phi) is 6.88. The van der Waals surface area contributed by atoms with Gasteiger partial charge in [-0.25, -0.2) is 4.98 Å². The molecule has 0 aliphatic carbocycles. The third kappa shape index (κ3) is 4.29. The first-order valence-electron chi connectivity index (χ1n) is 9.52. The van der Waals surface area contributed by atoms with E-state index in [4.69, 9.17) is 0 Å². The van der Waals surface area contributed by atoms with Gasteiger partial charge in [-0.2, -0.15) is 0 Å². The SMILES string of the molecule is CN=C(NCc1nccc2ccccc12)N1CCC(C)C(n2ccnc2)C1.I. The Morgan fingerprint density at radius 1 is 1.25 bits per heavy atom. The minimum Gasteiger partial charge on any atom is -0.351 e. The molecule has 1 N–H and O–H groups in total. The smallest absolute Gasteiger partial charge is 0.194 e. The standard InChI is InChI=1S/C21H26N6.HI/c1-16-8-11-26(14-20(16)27-12-10-23-15-27)21(22-2)25-13-19-18-6-4-3-5-17(18)7-9-24-19;/h3-7,9-10,12,15-16,20H,8,11,13-14H2,1-2H3,(H,22,25);1H. The van der Waals surface area contributed by atoms with Gasteiger partial charge in [0.05, 0.1) is 24.6 Å². The summed E-state index contributed by atoms with van der Waals surface area (Å²) in [5.74, 6) is 1.55. The van der Waals surface area contributed by atoms with E-state index in [-0.39, 0.29) is 24.0 Å². The lowest BCUT2D eigenvalue weighted by atomic mass is 9.93. The first kappa shape index (κ1) is 20.6. The van der Waals surface area contributed by atoms with Gasteiger partial charge in [0, 0.05) is 44.1 Å². The van der Waals surface area contributed by atoms with Gasteiger partial charge in [-0.15, -0.1) is 24.0 Å². The highest BCUT2D eigenvalue weighted by molar-refractivity contribution is 14.0. The van der Waals surface area contributed by atoms with E-state index in [1.165, 1.54) is 10.8 Å². The topological polar surface area (TPSA) is 58.3 Å². The Morgan fingerprint density at radius 3 is 2.89 bits per heavy atom. The number of fused-ring (bicyclic) bond motifs is 1. The quantitative estimate of drug-likeness (QED) is 0.346. The number of guanidine groups is 1. The summed E-state index contributed by atoms with van der Waals surface area (Å²) >= 11 is 0. The number of piperidine rings is 1. The number of rotatable bonds is 3. The summed E-state index contributed by atoms with van der Waals surface area (Å²) in [7, 11) is 1.85. The Labute approximate surface area is 183 Å². The van der Waals surface area contributed by atoms with E-state index < -0.39 is 0 Å². The molecule has 4 rings (SSSR count). The molecular weight excluding hydrogens is 463 g/mol. The van der Waals surface area contributed by atoms with E-state index in [1.807, 2.05) is 25.8 Å². The van der Waals surface area contributed by atoms with Crippen LogP contribution in [0.1, 0.15) is 25.1 Å². The molecule has 0 amide bonds. The number of pyridine rings is 1. The number of aliphatic imine (C=N–C) groups is 1. The third-order valence-electron chi connectivity index (χ3n) is 5.51. The van der Waals surface area contributed by atoms with Crippen LogP contribution in [-0.4, -0.2) is 45.5 Å². The van der Waals surface area contributed by atoms with Gasteiger partial charge in [0.2, 0.25) is 0 Å². The van der Waals surface area contributed by atoms with Crippen molar-refractivity contribution in [3.63, 3.8) is 0 Å². The van der Waals surface area contributed by atoms with E-state index in [0.29, 0.717) is 18.5 Å². The van der Waals surface area contributed by atoms with Gasteiger partial charge in [-0.05, 0) is 23.8 Å². The lowest BCUT2D eigenvalue weighted by Gasteiger charge is -2.39. The number of hydrogen-bond acceptors (Lipinski definition) is 3. The number of imidazole rings is 1. The predicted molar refractivity (Wildman–Crippen MR) is 124 cm³/mol. The highest BCUT2D eigenvalue weighted by Crippen LogP contribution is 2.27. The minimum atomic E-state index is 0. The number of hydrogen-bond donors (Lipinski definition) is 1. The summed E-state index contributed by atoms with van der Waals surface area (Å²) in [6, 6.07) is 10.8. The Balaban J connectivity index is 0.00000225. The molecule has 28 heavy (non-hydrogen) atoms. The van der Waals surface area contributed by atoms with Crippen LogP contribution in [0.2, 0.25) is 0 Å². The van der Waals surface area contributed by atoms with E-state index in [0.717, 1.165) is 31.2 Å².